The van der Waals surface area contributed by atoms with E-state index in [0.717, 1.165) is 0 Å². The topological polar surface area (TPSA) is 59.1 Å². The second kappa shape index (κ2) is 6.23. The number of rotatable bonds is 2. The molecule has 19 heavy (non-hydrogen) atoms. The van der Waals surface area contributed by atoms with Crippen LogP contribution in [0.5, 0.6) is 0 Å². The number of piperazine rings is 1. The van der Waals surface area contributed by atoms with Crippen molar-refractivity contribution in [2.24, 2.45) is 0 Å². The predicted molar refractivity (Wildman–Crippen MR) is 70.9 cm³/mol. The highest BCUT2D eigenvalue weighted by atomic mass is 16.6. The van der Waals surface area contributed by atoms with Crippen LogP contribution in [0, 0.1) is 0 Å². The van der Waals surface area contributed by atoms with Gasteiger partial charge in [-0.3, -0.25) is 9.69 Å². The fraction of sp³-hybridized carbons (Fsp3) is 0.846. The maximum atomic E-state index is 11.9. The number of ether oxygens (including phenoxy) is 2. The van der Waals surface area contributed by atoms with Crippen molar-refractivity contribution in [1.29, 1.82) is 0 Å². The van der Waals surface area contributed by atoms with E-state index in [9.17, 15) is 9.59 Å². The molecule has 1 aliphatic heterocycles. The van der Waals surface area contributed by atoms with Gasteiger partial charge < -0.3 is 14.4 Å². The molecule has 0 unspecified atom stereocenters. The number of methoxy groups -OCH3 is 1. The molecule has 0 aromatic heterocycles. The van der Waals surface area contributed by atoms with Gasteiger partial charge in [0.15, 0.2) is 0 Å². The minimum Gasteiger partial charge on any atom is -0.468 e. The number of hydrogen-bond acceptors (Lipinski definition) is 5. The maximum absolute atomic E-state index is 11.9. The number of carbonyl (C=O) groups is 2. The van der Waals surface area contributed by atoms with Crippen LogP contribution in [-0.4, -0.2) is 66.8 Å². The van der Waals surface area contributed by atoms with Gasteiger partial charge in [0.2, 0.25) is 0 Å². The van der Waals surface area contributed by atoms with Crippen LogP contribution in [0.25, 0.3) is 0 Å². The third-order valence-electron chi connectivity index (χ3n) is 2.98. The molecule has 0 saturated carbocycles. The molecule has 1 amide bonds. The summed E-state index contributed by atoms with van der Waals surface area (Å²) in [4.78, 5) is 26.9. The quantitative estimate of drug-likeness (QED) is 0.705. The number of amides is 1. The molecule has 1 heterocycles. The van der Waals surface area contributed by atoms with Gasteiger partial charge in [-0.05, 0) is 27.7 Å². The minimum atomic E-state index is -0.483. The van der Waals surface area contributed by atoms with Crippen molar-refractivity contribution in [3.63, 3.8) is 0 Å². The van der Waals surface area contributed by atoms with E-state index in [1.54, 1.807) is 4.90 Å². The molecule has 1 atom stereocenters. The van der Waals surface area contributed by atoms with Crippen LogP contribution < -0.4 is 0 Å². The lowest BCUT2D eigenvalue weighted by atomic mass is 10.2. The maximum Gasteiger partial charge on any atom is 0.410 e. The van der Waals surface area contributed by atoms with Gasteiger partial charge in [-0.15, -0.1) is 0 Å². The number of nitrogens with zero attached hydrogens (tertiary/aromatic N) is 2. The second-order valence-electron chi connectivity index (χ2n) is 5.82. The number of esters is 1. The van der Waals surface area contributed by atoms with Crippen LogP contribution in [0.3, 0.4) is 0 Å². The number of carbonyl (C=O) groups excluding carboxylic acids is 2. The van der Waals surface area contributed by atoms with Crippen molar-refractivity contribution in [2.45, 2.75) is 39.3 Å². The van der Waals surface area contributed by atoms with E-state index in [0.29, 0.717) is 19.6 Å². The fourth-order valence-electron chi connectivity index (χ4n) is 1.95. The fourth-order valence-corrected chi connectivity index (χ4v) is 1.95. The van der Waals surface area contributed by atoms with Crippen molar-refractivity contribution < 1.29 is 19.1 Å². The van der Waals surface area contributed by atoms with Crippen LogP contribution in [0.15, 0.2) is 0 Å². The molecule has 1 fully saturated rings. The molecule has 0 spiro atoms. The Labute approximate surface area is 114 Å². The molecule has 0 aromatic carbocycles. The Morgan fingerprint density at radius 1 is 1.26 bits per heavy atom. The van der Waals surface area contributed by atoms with E-state index >= 15 is 0 Å². The lowest BCUT2D eigenvalue weighted by Crippen LogP contribution is -2.55. The summed E-state index contributed by atoms with van der Waals surface area (Å²) in [7, 11) is 1.38. The summed E-state index contributed by atoms with van der Waals surface area (Å²) in [6.45, 7) is 9.57. The highest BCUT2D eigenvalue weighted by molar-refractivity contribution is 5.71. The van der Waals surface area contributed by atoms with Crippen LogP contribution in [0.1, 0.15) is 27.7 Å². The van der Waals surface area contributed by atoms with Crippen LogP contribution in [0.2, 0.25) is 0 Å². The first-order valence-corrected chi connectivity index (χ1v) is 6.51. The molecule has 0 bridgehead atoms. The van der Waals surface area contributed by atoms with Crippen LogP contribution in [0.4, 0.5) is 4.79 Å². The van der Waals surface area contributed by atoms with Gasteiger partial charge in [0.05, 0.1) is 13.7 Å². The van der Waals surface area contributed by atoms with Gasteiger partial charge >= 0.3 is 12.1 Å². The van der Waals surface area contributed by atoms with E-state index in [-0.39, 0.29) is 24.6 Å². The summed E-state index contributed by atoms with van der Waals surface area (Å²) in [5.41, 5.74) is -0.483. The minimum absolute atomic E-state index is 0.111. The molecule has 1 saturated heterocycles. The zero-order valence-electron chi connectivity index (χ0n) is 12.4. The Balaban J connectivity index is 2.49. The largest absolute Gasteiger partial charge is 0.468 e. The van der Waals surface area contributed by atoms with Gasteiger partial charge in [0.25, 0.3) is 0 Å². The smallest absolute Gasteiger partial charge is 0.410 e. The molecule has 110 valence electrons. The van der Waals surface area contributed by atoms with Crippen molar-refractivity contribution in [1.82, 2.24) is 9.80 Å². The van der Waals surface area contributed by atoms with Gasteiger partial charge in [-0.1, -0.05) is 0 Å². The lowest BCUT2D eigenvalue weighted by Gasteiger charge is -2.39. The lowest BCUT2D eigenvalue weighted by molar-refractivity contribution is -0.143. The first-order chi connectivity index (χ1) is 8.73. The Kier molecular flexibility index (Phi) is 5.17. The molecule has 1 aliphatic rings. The molecular weight excluding hydrogens is 248 g/mol. The zero-order chi connectivity index (χ0) is 14.6. The molecule has 0 N–H and O–H groups in total. The molecule has 6 nitrogen and oxygen atoms in total. The first-order valence-electron chi connectivity index (χ1n) is 6.51. The van der Waals surface area contributed by atoms with Crippen molar-refractivity contribution in [3.05, 3.63) is 0 Å². The highest BCUT2D eigenvalue weighted by Gasteiger charge is 2.30. The van der Waals surface area contributed by atoms with Crippen molar-refractivity contribution >= 4 is 12.1 Å². The summed E-state index contributed by atoms with van der Waals surface area (Å²) >= 11 is 0. The second-order valence-corrected chi connectivity index (χ2v) is 5.82. The summed E-state index contributed by atoms with van der Waals surface area (Å²) in [5.74, 6) is -0.252. The Morgan fingerprint density at radius 2 is 1.89 bits per heavy atom. The zero-order valence-corrected chi connectivity index (χ0v) is 12.4. The Bertz CT molecular complexity index is 338. The summed E-state index contributed by atoms with van der Waals surface area (Å²) in [6, 6.07) is 0.111. The Hall–Kier alpha value is -1.30. The third-order valence-corrected chi connectivity index (χ3v) is 2.98. The number of hydrogen-bond donors (Lipinski definition) is 0. The molecule has 1 rings (SSSR count). The molecule has 0 radical (unpaired) electrons. The molecule has 0 aliphatic carbocycles. The highest BCUT2D eigenvalue weighted by Crippen LogP contribution is 2.14. The third kappa shape index (κ3) is 5.06. The van der Waals surface area contributed by atoms with Gasteiger partial charge in [-0.2, -0.15) is 0 Å². The van der Waals surface area contributed by atoms with Gasteiger partial charge in [0, 0.05) is 25.7 Å². The monoisotopic (exact) mass is 272 g/mol. The summed E-state index contributed by atoms with van der Waals surface area (Å²) in [6.07, 6.45) is -0.294. The van der Waals surface area contributed by atoms with Gasteiger partial charge in [0.1, 0.15) is 5.60 Å². The van der Waals surface area contributed by atoms with E-state index < -0.39 is 5.60 Å². The molecular formula is C13H24N2O4. The average molecular weight is 272 g/mol. The normalized spacial score (nSPS) is 21.1. The molecule has 6 heteroatoms. The standard InChI is InChI=1S/C13H24N2O4/c1-10-8-15(12(17)19-13(2,3)4)7-6-14(10)9-11(16)18-5/h10H,6-9H2,1-5H3/t10-/m1/s1. The predicted octanol–water partition coefficient (Wildman–Crippen LogP) is 1.10. The van der Waals surface area contributed by atoms with E-state index in [1.807, 2.05) is 32.6 Å². The van der Waals surface area contributed by atoms with Crippen LogP contribution in [-0.2, 0) is 14.3 Å². The van der Waals surface area contributed by atoms with Crippen molar-refractivity contribution in [3.8, 4) is 0 Å². The van der Waals surface area contributed by atoms with Crippen LogP contribution >= 0.6 is 0 Å². The summed E-state index contributed by atoms with van der Waals surface area (Å²) < 4.78 is 10.00. The SMILES string of the molecule is COC(=O)CN1CCN(C(=O)OC(C)(C)C)C[C@H]1C. The first kappa shape index (κ1) is 15.8. The van der Waals surface area contributed by atoms with Crippen molar-refractivity contribution in [2.75, 3.05) is 33.3 Å². The Morgan fingerprint density at radius 3 is 2.37 bits per heavy atom. The van der Waals surface area contributed by atoms with E-state index in [1.165, 1.54) is 7.11 Å². The average Bonchev–Trinajstić information content (AvgIpc) is 2.29. The van der Waals surface area contributed by atoms with E-state index in [2.05, 4.69) is 4.74 Å². The molecule has 0 aromatic rings. The van der Waals surface area contributed by atoms with E-state index in [4.69, 9.17) is 4.74 Å². The van der Waals surface area contributed by atoms with Gasteiger partial charge in [-0.25, -0.2) is 4.79 Å². The summed E-state index contributed by atoms with van der Waals surface area (Å²) in [5, 5.41) is 0.